The fraction of sp³-hybridized carbons (Fsp3) is 0.203. The third-order valence-electron chi connectivity index (χ3n) is 16.6. The molecule has 0 fully saturated rings. The minimum Gasteiger partial charge on any atom is -0.375 e. The van der Waals surface area contributed by atoms with Crippen molar-refractivity contribution in [1.82, 2.24) is 24.0 Å². The number of fused-ring (bicyclic) bond motifs is 14. The van der Waals surface area contributed by atoms with Gasteiger partial charge in [0.2, 0.25) is 0 Å². The Morgan fingerprint density at radius 2 is 1.00 bits per heavy atom. The number of hydrogen-bond donors (Lipinski definition) is 0. The molecule has 75 heavy (non-hydrogen) atoms. The highest BCUT2D eigenvalue weighted by molar-refractivity contribution is 6.90. The normalized spacial score (nSPS) is 13.1. The summed E-state index contributed by atoms with van der Waals surface area (Å²) in [5.74, 6) is 2.67. The van der Waals surface area contributed by atoms with E-state index >= 15 is 0 Å². The average Bonchev–Trinajstić information content (AvgIpc) is 4.16. The SMILES string of the molecule is CC(C)c1cccc(C(C)C)c1-c1ccc2c(c1)c1c3ccccc3c3c4c1n2-c1cc(-c2nc(-c5ccccc5)nc(-c5ccccc5)n2)ccc1B4n1c2ccc(C(C)(C)C)cc2c2cc(C(C)(C)C)cc-3c21. The highest BCUT2D eigenvalue weighted by atomic mass is 15.0. The predicted octanol–water partition coefficient (Wildman–Crippen LogP) is 16.7. The molecule has 14 rings (SSSR count). The molecule has 3 aromatic heterocycles. The molecule has 5 nitrogen and oxygen atoms in total. The van der Waals surface area contributed by atoms with Gasteiger partial charge in [-0.3, -0.25) is 0 Å². The second-order valence-corrected chi connectivity index (χ2v) is 24.0. The molecule has 0 atom stereocenters. The maximum absolute atomic E-state index is 5.30. The lowest BCUT2D eigenvalue weighted by Crippen LogP contribution is -2.55. The summed E-state index contributed by atoms with van der Waals surface area (Å²) in [5, 5.41) is 7.76. The lowest BCUT2D eigenvalue weighted by atomic mass is 9.45. The van der Waals surface area contributed by atoms with E-state index in [-0.39, 0.29) is 17.7 Å². The second-order valence-electron chi connectivity index (χ2n) is 24.0. The summed E-state index contributed by atoms with van der Waals surface area (Å²) in [4.78, 5) is 15.7. The van der Waals surface area contributed by atoms with Crippen LogP contribution in [-0.4, -0.2) is 30.8 Å². The molecular formula is C69H60BN5. The van der Waals surface area contributed by atoms with Crippen molar-refractivity contribution in [2.24, 2.45) is 0 Å². The number of rotatable bonds is 6. The fourth-order valence-corrected chi connectivity index (χ4v) is 12.9. The zero-order valence-electron chi connectivity index (χ0n) is 44.6. The van der Waals surface area contributed by atoms with Crippen molar-refractivity contribution in [2.45, 2.75) is 91.9 Å². The van der Waals surface area contributed by atoms with Gasteiger partial charge in [-0.1, -0.05) is 197 Å². The van der Waals surface area contributed by atoms with Gasteiger partial charge in [-0.05, 0) is 126 Å². The van der Waals surface area contributed by atoms with Crippen molar-refractivity contribution in [3.05, 3.63) is 192 Å². The van der Waals surface area contributed by atoms with Crippen molar-refractivity contribution >= 4 is 72.2 Å². The fourth-order valence-electron chi connectivity index (χ4n) is 12.9. The Morgan fingerprint density at radius 3 is 1.63 bits per heavy atom. The number of nitrogens with zero attached hydrogens (tertiary/aromatic N) is 5. The smallest absolute Gasteiger partial charge is 0.333 e. The molecule has 5 heterocycles. The van der Waals surface area contributed by atoms with Gasteiger partial charge < -0.3 is 9.05 Å². The second kappa shape index (κ2) is 16.2. The number of benzene rings is 9. The highest BCUT2D eigenvalue weighted by Crippen LogP contribution is 2.50. The van der Waals surface area contributed by atoms with Crippen LogP contribution in [0, 0.1) is 0 Å². The van der Waals surface area contributed by atoms with E-state index < -0.39 is 0 Å². The first kappa shape index (κ1) is 45.5. The first-order chi connectivity index (χ1) is 36.1. The standard InChI is InChI=1S/C69H60BN5/c1-39(2)47-26-19-27-48(40(3)4)59(47)43-29-32-56-53(34-43)61-50-25-18-17-24-49(50)60-54-38-46(69(8,9)10)37-52-51-36-45(68(5,6)7)30-33-57(51)75(63(52)54)70-55-31-28-44(35-58(55)74(56)64(61)62(60)70)67-72-65(41-20-13-11-14-21-41)71-66(73-67)42-22-15-12-16-23-42/h11-40H,1-10H3. The molecular weight excluding hydrogens is 910 g/mol. The zero-order valence-corrected chi connectivity index (χ0v) is 44.6. The first-order valence-electron chi connectivity index (χ1n) is 26.9. The molecule has 0 N–H and O–H groups in total. The van der Waals surface area contributed by atoms with Crippen molar-refractivity contribution in [3.8, 4) is 62.1 Å². The third-order valence-corrected chi connectivity index (χ3v) is 16.6. The van der Waals surface area contributed by atoms with E-state index in [1.165, 1.54) is 110 Å². The summed E-state index contributed by atoms with van der Waals surface area (Å²) in [6.07, 6.45) is 0. The summed E-state index contributed by atoms with van der Waals surface area (Å²) in [6, 6.07) is 63.5. The molecule has 0 saturated carbocycles. The summed E-state index contributed by atoms with van der Waals surface area (Å²) < 4.78 is 5.33. The molecule has 0 amide bonds. The van der Waals surface area contributed by atoms with Crippen LogP contribution in [0.25, 0.3) is 116 Å². The van der Waals surface area contributed by atoms with Gasteiger partial charge in [0, 0.05) is 60.5 Å². The molecule has 0 aliphatic carbocycles. The lowest BCUT2D eigenvalue weighted by molar-refractivity contribution is 0.590. The number of aromatic nitrogens is 5. The van der Waals surface area contributed by atoms with E-state index in [1.54, 1.807) is 0 Å². The third kappa shape index (κ3) is 6.74. The van der Waals surface area contributed by atoms with Crippen LogP contribution >= 0.6 is 0 Å². The maximum atomic E-state index is 5.30. The van der Waals surface area contributed by atoms with E-state index in [0.29, 0.717) is 29.3 Å². The van der Waals surface area contributed by atoms with Crippen molar-refractivity contribution in [3.63, 3.8) is 0 Å². The quantitative estimate of drug-likeness (QED) is 0.156. The minimum absolute atomic E-state index is 0.0202. The molecule has 0 bridgehead atoms. The lowest BCUT2D eigenvalue weighted by Gasteiger charge is -2.35. The molecule has 0 radical (unpaired) electrons. The van der Waals surface area contributed by atoms with Crippen LogP contribution in [0.3, 0.4) is 0 Å². The van der Waals surface area contributed by atoms with Gasteiger partial charge in [0.15, 0.2) is 17.5 Å². The maximum Gasteiger partial charge on any atom is 0.333 e. The van der Waals surface area contributed by atoms with Crippen LogP contribution in [0.2, 0.25) is 0 Å². The van der Waals surface area contributed by atoms with Gasteiger partial charge in [-0.2, -0.15) is 0 Å². The summed E-state index contributed by atoms with van der Waals surface area (Å²) in [5.41, 5.74) is 22.3. The molecule has 0 unspecified atom stereocenters. The molecule has 2 aliphatic heterocycles. The van der Waals surface area contributed by atoms with Crippen LogP contribution < -0.4 is 10.9 Å². The van der Waals surface area contributed by atoms with Crippen molar-refractivity contribution in [1.29, 1.82) is 0 Å². The predicted molar refractivity (Wildman–Crippen MR) is 318 cm³/mol. The molecule has 2 aliphatic rings. The van der Waals surface area contributed by atoms with Crippen LogP contribution in [0.15, 0.2) is 170 Å². The summed E-state index contributed by atoms with van der Waals surface area (Å²) in [6.45, 7) is 23.3. The van der Waals surface area contributed by atoms with Gasteiger partial charge >= 0.3 is 6.85 Å². The molecule has 0 saturated heterocycles. The molecule has 6 heteroatoms. The Hall–Kier alpha value is -8.09. The van der Waals surface area contributed by atoms with Gasteiger partial charge in [0.1, 0.15) is 0 Å². The Balaban J connectivity index is 1.15. The highest BCUT2D eigenvalue weighted by Gasteiger charge is 2.43. The Morgan fingerprint density at radius 1 is 0.427 bits per heavy atom. The molecule has 364 valence electrons. The van der Waals surface area contributed by atoms with Crippen LogP contribution in [0.5, 0.6) is 0 Å². The van der Waals surface area contributed by atoms with E-state index in [4.69, 9.17) is 15.0 Å². The average molecular weight is 970 g/mol. The van der Waals surface area contributed by atoms with Crippen molar-refractivity contribution in [2.75, 3.05) is 0 Å². The van der Waals surface area contributed by atoms with Gasteiger partial charge in [0.05, 0.1) is 11.0 Å². The van der Waals surface area contributed by atoms with E-state index in [1.807, 2.05) is 36.4 Å². The largest absolute Gasteiger partial charge is 0.375 e. The molecule has 9 aromatic carbocycles. The Labute approximate surface area is 440 Å². The van der Waals surface area contributed by atoms with Crippen LogP contribution in [-0.2, 0) is 10.8 Å². The summed E-state index contributed by atoms with van der Waals surface area (Å²) >= 11 is 0. The monoisotopic (exact) mass is 969 g/mol. The Bertz CT molecular complexity index is 4290. The summed E-state index contributed by atoms with van der Waals surface area (Å²) in [7, 11) is 0. The zero-order chi connectivity index (χ0) is 51.4. The van der Waals surface area contributed by atoms with Crippen molar-refractivity contribution < 1.29 is 0 Å². The van der Waals surface area contributed by atoms with Gasteiger partial charge in [-0.25, -0.2) is 15.0 Å². The van der Waals surface area contributed by atoms with E-state index in [2.05, 4.69) is 212 Å². The first-order valence-corrected chi connectivity index (χ1v) is 26.9. The van der Waals surface area contributed by atoms with E-state index in [0.717, 1.165) is 22.4 Å². The van der Waals surface area contributed by atoms with Crippen LogP contribution in [0.1, 0.15) is 103 Å². The topological polar surface area (TPSA) is 48.5 Å². The molecule has 0 spiro atoms. The minimum atomic E-state index is -0.131. The van der Waals surface area contributed by atoms with Gasteiger partial charge in [-0.15, -0.1) is 0 Å². The van der Waals surface area contributed by atoms with Crippen LogP contribution in [0.4, 0.5) is 0 Å². The number of hydrogen-bond acceptors (Lipinski definition) is 3. The Kier molecular flexibility index (Phi) is 9.84. The van der Waals surface area contributed by atoms with E-state index in [9.17, 15) is 0 Å². The molecule has 12 aromatic rings. The van der Waals surface area contributed by atoms with Gasteiger partial charge in [0.25, 0.3) is 0 Å².